The van der Waals surface area contributed by atoms with Gasteiger partial charge in [0.25, 0.3) is 0 Å². The highest BCUT2D eigenvalue weighted by Gasteiger charge is 2.34. The lowest BCUT2D eigenvalue weighted by Crippen LogP contribution is -2.35. The lowest BCUT2D eigenvalue weighted by Gasteiger charge is -2.39. The van der Waals surface area contributed by atoms with E-state index >= 15 is 0 Å². The van der Waals surface area contributed by atoms with Gasteiger partial charge in [0, 0.05) is 0 Å². The van der Waals surface area contributed by atoms with E-state index in [1.807, 2.05) is 6.92 Å². The Morgan fingerprint density at radius 3 is 2.00 bits per heavy atom. The summed E-state index contributed by atoms with van der Waals surface area (Å²) in [6.07, 6.45) is 4.39. The van der Waals surface area contributed by atoms with Crippen molar-refractivity contribution >= 4 is 0 Å². The Hall–Kier alpha value is -0.0400. The van der Waals surface area contributed by atoms with Crippen LogP contribution in [0, 0.1) is 5.41 Å². The third kappa shape index (κ3) is 1.98. The molecule has 0 spiro atoms. The number of hydrogen-bond donors (Lipinski definition) is 1. The molecule has 10 heavy (non-hydrogen) atoms. The van der Waals surface area contributed by atoms with Crippen LogP contribution in [0.25, 0.3) is 0 Å². The molecule has 1 saturated carbocycles. The van der Waals surface area contributed by atoms with Gasteiger partial charge in [0.2, 0.25) is 0 Å². The Morgan fingerprint density at radius 1 is 1.10 bits per heavy atom. The Kier molecular flexibility index (Phi) is 1.80. The molecule has 0 unspecified atom stereocenters. The van der Waals surface area contributed by atoms with Crippen LogP contribution in [-0.4, -0.2) is 10.7 Å². The molecule has 1 aliphatic rings. The molecule has 60 valence electrons. The zero-order valence-electron chi connectivity index (χ0n) is 7.28. The second-order valence-electron chi connectivity index (χ2n) is 4.69. The van der Waals surface area contributed by atoms with Crippen molar-refractivity contribution < 1.29 is 5.11 Å². The fraction of sp³-hybridized carbons (Fsp3) is 1.00. The predicted octanol–water partition coefficient (Wildman–Crippen LogP) is 2.34. The SMILES string of the molecule is CC1(C)CCC[C@](C)(O)C1. The quantitative estimate of drug-likeness (QED) is 0.550. The van der Waals surface area contributed by atoms with E-state index in [0.717, 1.165) is 12.8 Å². The maximum atomic E-state index is 9.71. The molecule has 0 aromatic heterocycles. The summed E-state index contributed by atoms with van der Waals surface area (Å²) in [5.41, 5.74) is -0.0243. The first kappa shape index (κ1) is 8.06. The summed E-state index contributed by atoms with van der Waals surface area (Å²) in [6.45, 7) is 6.43. The van der Waals surface area contributed by atoms with Gasteiger partial charge in [-0.05, 0) is 31.6 Å². The van der Waals surface area contributed by atoms with E-state index in [4.69, 9.17) is 0 Å². The van der Waals surface area contributed by atoms with Crippen LogP contribution in [0.3, 0.4) is 0 Å². The van der Waals surface area contributed by atoms with Crippen molar-refractivity contribution in [2.45, 2.75) is 52.1 Å². The lowest BCUT2D eigenvalue weighted by atomic mass is 9.71. The van der Waals surface area contributed by atoms with Gasteiger partial charge in [-0.15, -0.1) is 0 Å². The standard InChI is InChI=1S/C9H18O/c1-8(2)5-4-6-9(3,10)7-8/h10H,4-7H2,1-3H3/t9-/m0/s1. The van der Waals surface area contributed by atoms with Crippen molar-refractivity contribution in [3.8, 4) is 0 Å². The molecule has 1 heteroatoms. The molecule has 0 aromatic rings. The smallest absolute Gasteiger partial charge is 0.0624 e. The second kappa shape index (κ2) is 2.23. The molecule has 1 rings (SSSR count). The van der Waals surface area contributed by atoms with Gasteiger partial charge in [0.1, 0.15) is 0 Å². The van der Waals surface area contributed by atoms with Gasteiger partial charge in [-0.1, -0.05) is 20.3 Å². The average Bonchev–Trinajstić information content (AvgIpc) is 1.56. The summed E-state index contributed by atoms with van der Waals surface area (Å²) in [5, 5.41) is 9.71. The topological polar surface area (TPSA) is 20.2 Å². The third-order valence-electron chi connectivity index (χ3n) is 2.43. The first-order chi connectivity index (χ1) is 4.41. The van der Waals surface area contributed by atoms with Gasteiger partial charge in [0.15, 0.2) is 0 Å². The molecule has 0 bridgehead atoms. The van der Waals surface area contributed by atoms with Crippen LogP contribution < -0.4 is 0 Å². The van der Waals surface area contributed by atoms with Gasteiger partial charge in [0.05, 0.1) is 5.60 Å². The molecule has 1 nitrogen and oxygen atoms in total. The van der Waals surface area contributed by atoms with Crippen LogP contribution >= 0.6 is 0 Å². The average molecular weight is 142 g/mol. The van der Waals surface area contributed by atoms with Gasteiger partial charge in [-0.3, -0.25) is 0 Å². The Labute approximate surface area is 63.4 Å². The highest BCUT2D eigenvalue weighted by molar-refractivity contribution is 4.86. The summed E-state index contributed by atoms with van der Waals surface area (Å²) >= 11 is 0. The Morgan fingerprint density at radius 2 is 1.70 bits per heavy atom. The van der Waals surface area contributed by atoms with E-state index in [-0.39, 0.29) is 5.60 Å². The van der Waals surface area contributed by atoms with Crippen LogP contribution in [-0.2, 0) is 0 Å². The van der Waals surface area contributed by atoms with Gasteiger partial charge < -0.3 is 5.11 Å². The zero-order chi connectivity index (χ0) is 7.83. The highest BCUT2D eigenvalue weighted by Crippen LogP contribution is 2.40. The van der Waals surface area contributed by atoms with Crippen molar-refractivity contribution in [2.75, 3.05) is 0 Å². The summed E-state index contributed by atoms with van der Waals surface area (Å²) in [4.78, 5) is 0. The van der Waals surface area contributed by atoms with Crippen molar-refractivity contribution in [2.24, 2.45) is 5.41 Å². The number of rotatable bonds is 0. The van der Waals surface area contributed by atoms with E-state index in [1.54, 1.807) is 0 Å². The highest BCUT2D eigenvalue weighted by atomic mass is 16.3. The minimum absolute atomic E-state index is 0.363. The fourth-order valence-electron chi connectivity index (χ4n) is 2.16. The van der Waals surface area contributed by atoms with Crippen LogP contribution in [0.1, 0.15) is 46.5 Å². The molecular formula is C9H18O. The largest absolute Gasteiger partial charge is 0.390 e. The third-order valence-corrected chi connectivity index (χ3v) is 2.43. The molecule has 0 saturated heterocycles. The normalized spacial score (nSPS) is 39.6. The summed E-state index contributed by atoms with van der Waals surface area (Å²) in [7, 11) is 0. The van der Waals surface area contributed by atoms with E-state index in [1.165, 1.54) is 12.8 Å². The predicted molar refractivity (Wildman–Crippen MR) is 42.9 cm³/mol. The van der Waals surface area contributed by atoms with Crippen molar-refractivity contribution in [1.29, 1.82) is 0 Å². The van der Waals surface area contributed by atoms with E-state index < -0.39 is 0 Å². The first-order valence-corrected chi connectivity index (χ1v) is 4.14. The molecule has 0 radical (unpaired) electrons. The molecule has 1 N–H and O–H groups in total. The molecule has 0 amide bonds. The molecule has 0 aromatic carbocycles. The molecule has 1 atom stereocenters. The number of aliphatic hydroxyl groups is 1. The minimum Gasteiger partial charge on any atom is -0.390 e. The van der Waals surface area contributed by atoms with Crippen molar-refractivity contribution in [1.82, 2.24) is 0 Å². The van der Waals surface area contributed by atoms with Gasteiger partial charge >= 0.3 is 0 Å². The minimum atomic E-state index is -0.387. The molecular weight excluding hydrogens is 124 g/mol. The second-order valence-corrected chi connectivity index (χ2v) is 4.69. The van der Waals surface area contributed by atoms with Crippen LogP contribution in [0.2, 0.25) is 0 Å². The monoisotopic (exact) mass is 142 g/mol. The van der Waals surface area contributed by atoms with Gasteiger partial charge in [-0.2, -0.15) is 0 Å². The lowest BCUT2D eigenvalue weighted by molar-refractivity contribution is -0.0231. The fourth-order valence-corrected chi connectivity index (χ4v) is 2.16. The maximum absolute atomic E-state index is 9.71. The van der Waals surface area contributed by atoms with Crippen molar-refractivity contribution in [3.05, 3.63) is 0 Å². The van der Waals surface area contributed by atoms with E-state index in [9.17, 15) is 5.11 Å². The first-order valence-electron chi connectivity index (χ1n) is 4.14. The van der Waals surface area contributed by atoms with Crippen LogP contribution in [0.15, 0.2) is 0 Å². The molecule has 0 heterocycles. The number of hydrogen-bond acceptors (Lipinski definition) is 1. The Balaban J connectivity index is 2.56. The van der Waals surface area contributed by atoms with Crippen LogP contribution in [0.4, 0.5) is 0 Å². The van der Waals surface area contributed by atoms with Crippen LogP contribution in [0.5, 0.6) is 0 Å². The summed E-state index contributed by atoms with van der Waals surface area (Å²) < 4.78 is 0. The summed E-state index contributed by atoms with van der Waals surface area (Å²) in [6, 6.07) is 0. The van der Waals surface area contributed by atoms with Gasteiger partial charge in [-0.25, -0.2) is 0 Å². The van der Waals surface area contributed by atoms with E-state index in [2.05, 4.69) is 13.8 Å². The maximum Gasteiger partial charge on any atom is 0.0624 e. The zero-order valence-corrected chi connectivity index (χ0v) is 7.28. The Bertz CT molecular complexity index is 111. The van der Waals surface area contributed by atoms with E-state index in [0.29, 0.717) is 5.41 Å². The molecule has 1 fully saturated rings. The molecule has 1 aliphatic carbocycles. The van der Waals surface area contributed by atoms with Crippen molar-refractivity contribution in [3.63, 3.8) is 0 Å². The molecule has 0 aliphatic heterocycles. The summed E-state index contributed by atoms with van der Waals surface area (Å²) in [5.74, 6) is 0.